The number of amides is 2. The molecule has 0 aliphatic carbocycles. The summed E-state index contributed by atoms with van der Waals surface area (Å²) in [5.41, 5.74) is 0. The van der Waals surface area contributed by atoms with E-state index in [4.69, 9.17) is 0 Å². The summed E-state index contributed by atoms with van der Waals surface area (Å²) < 4.78 is 0. The summed E-state index contributed by atoms with van der Waals surface area (Å²) in [7, 11) is 0. The molecule has 0 aromatic carbocycles. The zero-order valence-electron chi connectivity index (χ0n) is 11.3. The Hall–Kier alpha value is -0.710. The van der Waals surface area contributed by atoms with E-state index in [0.29, 0.717) is 11.8 Å². The molecule has 0 spiro atoms. The maximum atomic E-state index is 12.4. The number of rotatable bonds is 4. The van der Waals surface area contributed by atoms with Crippen LogP contribution in [-0.2, 0) is 9.59 Å². The van der Waals surface area contributed by atoms with E-state index in [1.165, 1.54) is 19.8 Å². The topological polar surface area (TPSA) is 49.4 Å². The molecule has 2 amide bonds. The first kappa shape index (κ1) is 15.3. The molecule has 1 saturated heterocycles. The predicted octanol–water partition coefficient (Wildman–Crippen LogP) is 1.60. The Balaban J connectivity index is 2.73. The van der Waals surface area contributed by atoms with Gasteiger partial charge in [-0.3, -0.25) is 9.59 Å². The second-order valence-corrected chi connectivity index (χ2v) is 5.24. The monoisotopic (exact) mass is 272 g/mol. The Morgan fingerprint density at radius 1 is 1.39 bits per heavy atom. The van der Waals surface area contributed by atoms with Crippen molar-refractivity contribution in [2.24, 2.45) is 0 Å². The van der Waals surface area contributed by atoms with Crippen molar-refractivity contribution in [1.82, 2.24) is 10.2 Å². The fourth-order valence-electron chi connectivity index (χ4n) is 2.52. The Morgan fingerprint density at radius 2 is 2.11 bits per heavy atom. The minimum atomic E-state index is -0.488. The number of nitrogens with one attached hydrogen (secondary N) is 1. The number of thiol groups is 1. The van der Waals surface area contributed by atoms with Crippen LogP contribution in [0.15, 0.2) is 0 Å². The van der Waals surface area contributed by atoms with Crippen molar-refractivity contribution in [1.29, 1.82) is 0 Å². The maximum absolute atomic E-state index is 12.4. The quantitative estimate of drug-likeness (QED) is 0.764. The largest absolute Gasteiger partial charge is 0.344 e. The van der Waals surface area contributed by atoms with Crippen LogP contribution in [0.3, 0.4) is 0 Å². The van der Waals surface area contributed by atoms with Gasteiger partial charge < -0.3 is 10.2 Å². The Labute approximate surface area is 115 Å². The normalized spacial score (nSPS) is 22.2. The first-order chi connectivity index (χ1) is 8.60. The predicted molar refractivity (Wildman–Crippen MR) is 75.7 cm³/mol. The minimum absolute atomic E-state index is 0.0222. The summed E-state index contributed by atoms with van der Waals surface area (Å²) in [6.07, 6.45) is 5.48. The molecule has 1 aliphatic rings. The Morgan fingerprint density at radius 3 is 2.67 bits per heavy atom. The van der Waals surface area contributed by atoms with Crippen LogP contribution in [0.1, 0.15) is 46.0 Å². The molecule has 2 unspecified atom stereocenters. The second kappa shape index (κ2) is 7.67. The molecular formula is C13H24N2O2S. The van der Waals surface area contributed by atoms with E-state index in [9.17, 15) is 9.59 Å². The average Bonchev–Trinajstić information content (AvgIpc) is 2.59. The van der Waals surface area contributed by atoms with Crippen LogP contribution in [0.2, 0.25) is 0 Å². The smallest absolute Gasteiger partial charge is 0.246 e. The highest BCUT2D eigenvalue weighted by Gasteiger charge is 2.29. The highest BCUT2D eigenvalue weighted by Crippen LogP contribution is 2.20. The van der Waals surface area contributed by atoms with Gasteiger partial charge >= 0.3 is 0 Å². The molecule has 104 valence electrons. The van der Waals surface area contributed by atoms with Crippen LogP contribution in [0.4, 0.5) is 0 Å². The number of hydrogen-bond acceptors (Lipinski definition) is 3. The van der Waals surface area contributed by atoms with Crippen LogP contribution >= 0.6 is 12.6 Å². The van der Waals surface area contributed by atoms with E-state index in [2.05, 4.69) is 24.9 Å². The minimum Gasteiger partial charge on any atom is -0.344 e. The number of carbonyl (C=O) groups excluding carboxylic acids is 2. The van der Waals surface area contributed by atoms with Crippen molar-refractivity contribution in [3.8, 4) is 0 Å². The van der Waals surface area contributed by atoms with E-state index in [-0.39, 0.29) is 11.8 Å². The molecule has 0 radical (unpaired) electrons. The van der Waals surface area contributed by atoms with Crippen molar-refractivity contribution >= 4 is 24.4 Å². The first-order valence-corrected chi connectivity index (χ1v) is 7.41. The molecule has 1 N–H and O–H groups in total. The van der Waals surface area contributed by atoms with E-state index >= 15 is 0 Å². The van der Waals surface area contributed by atoms with Gasteiger partial charge in [0.15, 0.2) is 0 Å². The SMILES string of the molecule is CCC1CCCCCN1C(=O)C(CS)NC(C)=O. The standard InChI is InChI=1S/C13H24N2O2S/c1-3-11-7-5-4-6-8-15(11)13(17)12(9-18)14-10(2)16/h11-12,18H,3-9H2,1-2H3,(H,14,16). The van der Waals surface area contributed by atoms with Crippen molar-refractivity contribution in [3.63, 3.8) is 0 Å². The maximum Gasteiger partial charge on any atom is 0.246 e. The van der Waals surface area contributed by atoms with Gasteiger partial charge in [-0.25, -0.2) is 0 Å². The zero-order chi connectivity index (χ0) is 13.5. The fourth-order valence-corrected chi connectivity index (χ4v) is 2.77. The van der Waals surface area contributed by atoms with E-state index in [1.807, 2.05) is 4.90 Å². The van der Waals surface area contributed by atoms with Crippen LogP contribution in [-0.4, -0.2) is 41.1 Å². The molecular weight excluding hydrogens is 248 g/mol. The number of likely N-dealkylation sites (tertiary alicyclic amines) is 1. The lowest BCUT2D eigenvalue weighted by Crippen LogP contribution is -2.52. The van der Waals surface area contributed by atoms with Crippen molar-refractivity contribution < 1.29 is 9.59 Å². The van der Waals surface area contributed by atoms with Crippen LogP contribution in [0, 0.1) is 0 Å². The molecule has 0 saturated carbocycles. The van der Waals surface area contributed by atoms with Gasteiger partial charge in [0.1, 0.15) is 6.04 Å². The zero-order valence-corrected chi connectivity index (χ0v) is 12.2. The van der Waals surface area contributed by atoms with Gasteiger partial charge in [0.25, 0.3) is 0 Å². The van der Waals surface area contributed by atoms with Gasteiger partial charge in [0.05, 0.1) is 0 Å². The summed E-state index contributed by atoms with van der Waals surface area (Å²) in [6.45, 7) is 4.36. The lowest BCUT2D eigenvalue weighted by atomic mass is 10.1. The molecule has 1 fully saturated rings. The van der Waals surface area contributed by atoms with E-state index in [0.717, 1.165) is 25.8 Å². The van der Waals surface area contributed by atoms with Gasteiger partial charge in [0, 0.05) is 25.3 Å². The second-order valence-electron chi connectivity index (χ2n) is 4.88. The van der Waals surface area contributed by atoms with Gasteiger partial charge in [-0.15, -0.1) is 0 Å². The Kier molecular flexibility index (Phi) is 6.54. The Bertz CT molecular complexity index is 297. The lowest BCUT2D eigenvalue weighted by molar-refractivity contribution is -0.137. The van der Waals surface area contributed by atoms with Crippen molar-refractivity contribution in [2.75, 3.05) is 12.3 Å². The third-order valence-electron chi connectivity index (χ3n) is 3.49. The summed E-state index contributed by atoms with van der Waals surface area (Å²) >= 11 is 4.17. The molecule has 0 aromatic rings. The van der Waals surface area contributed by atoms with Crippen molar-refractivity contribution in [3.05, 3.63) is 0 Å². The van der Waals surface area contributed by atoms with Crippen molar-refractivity contribution in [2.45, 2.75) is 58.0 Å². The molecule has 1 heterocycles. The number of nitrogens with zero attached hydrogens (tertiary/aromatic N) is 1. The number of carbonyl (C=O) groups is 2. The highest BCUT2D eigenvalue weighted by molar-refractivity contribution is 7.80. The molecule has 4 nitrogen and oxygen atoms in total. The molecule has 0 bridgehead atoms. The molecule has 18 heavy (non-hydrogen) atoms. The summed E-state index contributed by atoms with van der Waals surface area (Å²) in [6, 6.07) is -0.172. The third kappa shape index (κ3) is 4.19. The molecule has 5 heteroatoms. The van der Waals surface area contributed by atoms with Crippen LogP contribution in [0.25, 0.3) is 0 Å². The molecule has 0 aromatic heterocycles. The van der Waals surface area contributed by atoms with Crippen LogP contribution < -0.4 is 5.32 Å². The molecule has 1 aliphatic heterocycles. The average molecular weight is 272 g/mol. The lowest BCUT2D eigenvalue weighted by Gasteiger charge is -2.32. The summed E-state index contributed by atoms with van der Waals surface area (Å²) in [4.78, 5) is 25.5. The third-order valence-corrected chi connectivity index (χ3v) is 3.85. The van der Waals surface area contributed by atoms with E-state index < -0.39 is 6.04 Å². The molecule has 2 atom stereocenters. The highest BCUT2D eigenvalue weighted by atomic mass is 32.1. The van der Waals surface area contributed by atoms with Gasteiger partial charge in [-0.1, -0.05) is 19.8 Å². The van der Waals surface area contributed by atoms with Gasteiger partial charge in [-0.05, 0) is 19.3 Å². The summed E-state index contributed by atoms with van der Waals surface area (Å²) in [5, 5.41) is 2.69. The van der Waals surface area contributed by atoms with Crippen LogP contribution in [0.5, 0.6) is 0 Å². The van der Waals surface area contributed by atoms with Gasteiger partial charge in [0.2, 0.25) is 11.8 Å². The fraction of sp³-hybridized carbons (Fsp3) is 0.846. The van der Waals surface area contributed by atoms with Gasteiger partial charge in [-0.2, -0.15) is 12.6 Å². The first-order valence-electron chi connectivity index (χ1n) is 6.78. The number of hydrogen-bond donors (Lipinski definition) is 2. The van der Waals surface area contributed by atoms with E-state index in [1.54, 1.807) is 0 Å². The summed E-state index contributed by atoms with van der Waals surface area (Å²) in [5.74, 6) is 0.199. The molecule has 1 rings (SSSR count).